The lowest BCUT2D eigenvalue weighted by molar-refractivity contribution is 0.114. The monoisotopic (exact) mass is 417 g/mol. The number of ether oxygens (including phenoxy) is 1. The highest BCUT2D eigenvalue weighted by atomic mass is 127. The van der Waals surface area contributed by atoms with Crippen LogP contribution in [-0.2, 0) is 15.5 Å². The SMILES string of the molecule is CN=C(NCCS(=O)C(C)(C)C)NCC1CCCO1.I. The Kier molecular flexibility index (Phi) is 10.00. The van der Waals surface area contributed by atoms with Crippen LogP contribution in [0.2, 0.25) is 0 Å². The second-order valence-electron chi connectivity index (χ2n) is 5.68. The van der Waals surface area contributed by atoms with Crippen LogP contribution in [0.15, 0.2) is 4.99 Å². The number of nitrogens with one attached hydrogen (secondary N) is 2. The quantitative estimate of drug-likeness (QED) is 0.404. The van der Waals surface area contributed by atoms with E-state index >= 15 is 0 Å². The van der Waals surface area contributed by atoms with Crippen molar-refractivity contribution in [3.05, 3.63) is 0 Å². The van der Waals surface area contributed by atoms with Crippen LogP contribution in [0.4, 0.5) is 0 Å². The molecular formula is C13H28IN3O2S. The summed E-state index contributed by atoms with van der Waals surface area (Å²) >= 11 is 0. The highest BCUT2D eigenvalue weighted by Gasteiger charge is 2.19. The Morgan fingerprint density at radius 2 is 2.10 bits per heavy atom. The number of nitrogens with zero attached hydrogens (tertiary/aromatic N) is 1. The Morgan fingerprint density at radius 1 is 1.40 bits per heavy atom. The van der Waals surface area contributed by atoms with E-state index in [1.54, 1.807) is 7.05 Å². The first-order valence-electron chi connectivity index (χ1n) is 6.88. The Bertz CT molecular complexity index is 326. The van der Waals surface area contributed by atoms with Gasteiger partial charge in [0.15, 0.2) is 5.96 Å². The molecule has 0 bridgehead atoms. The molecule has 1 saturated heterocycles. The number of hydrogen-bond acceptors (Lipinski definition) is 3. The molecule has 0 radical (unpaired) electrons. The van der Waals surface area contributed by atoms with Crippen molar-refractivity contribution in [1.29, 1.82) is 0 Å². The number of rotatable bonds is 5. The lowest BCUT2D eigenvalue weighted by Crippen LogP contribution is -2.43. The minimum Gasteiger partial charge on any atom is -0.376 e. The molecule has 1 rings (SSSR count). The average Bonchev–Trinajstić information content (AvgIpc) is 2.85. The van der Waals surface area contributed by atoms with E-state index < -0.39 is 10.8 Å². The van der Waals surface area contributed by atoms with E-state index in [-0.39, 0.29) is 28.7 Å². The van der Waals surface area contributed by atoms with Crippen molar-refractivity contribution in [2.75, 3.05) is 32.5 Å². The molecule has 0 amide bonds. The fourth-order valence-electron chi connectivity index (χ4n) is 1.80. The van der Waals surface area contributed by atoms with Gasteiger partial charge in [-0.2, -0.15) is 0 Å². The largest absolute Gasteiger partial charge is 0.376 e. The summed E-state index contributed by atoms with van der Waals surface area (Å²) < 4.78 is 17.3. The van der Waals surface area contributed by atoms with Crippen LogP contribution in [0.25, 0.3) is 0 Å². The van der Waals surface area contributed by atoms with E-state index in [0.29, 0.717) is 18.4 Å². The number of guanidine groups is 1. The van der Waals surface area contributed by atoms with Crippen molar-refractivity contribution >= 4 is 40.7 Å². The third-order valence-corrected chi connectivity index (χ3v) is 4.95. The Morgan fingerprint density at radius 3 is 2.60 bits per heavy atom. The molecule has 2 unspecified atom stereocenters. The molecule has 20 heavy (non-hydrogen) atoms. The molecule has 0 saturated carbocycles. The van der Waals surface area contributed by atoms with Crippen molar-refractivity contribution in [3.8, 4) is 0 Å². The van der Waals surface area contributed by atoms with Crippen molar-refractivity contribution < 1.29 is 8.95 Å². The van der Waals surface area contributed by atoms with Gasteiger partial charge in [-0.3, -0.25) is 9.20 Å². The van der Waals surface area contributed by atoms with Gasteiger partial charge in [0.05, 0.1) is 6.10 Å². The fraction of sp³-hybridized carbons (Fsp3) is 0.923. The molecule has 1 aliphatic rings. The molecule has 1 fully saturated rings. The molecule has 5 nitrogen and oxygen atoms in total. The normalized spacial score (nSPS) is 21.2. The molecule has 0 spiro atoms. The Hall–Kier alpha value is 0.110. The number of aliphatic imine (C=N–C) groups is 1. The molecule has 1 heterocycles. The summed E-state index contributed by atoms with van der Waals surface area (Å²) in [6, 6.07) is 0. The van der Waals surface area contributed by atoms with Gasteiger partial charge in [-0.15, -0.1) is 24.0 Å². The predicted molar refractivity (Wildman–Crippen MR) is 96.5 cm³/mol. The molecule has 7 heteroatoms. The Balaban J connectivity index is 0.00000361. The minimum absolute atomic E-state index is 0. The second-order valence-corrected chi connectivity index (χ2v) is 8.00. The third kappa shape index (κ3) is 7.78. The first kappa shape index (κ1) is 20.1. The molecule has 0 aromatic heterocycles. The first-order valence-corrected chi connectivity index (χ1v) is 8.20. The second kappa shape index (κ2) is 9.94. The van der Waals surface area contributed by atoms with E-state index in [2.05, 4.69) is 15.6 Å². The van der Waals surface area contributed by atoms with E-state index in [9.17, 15) is 4.21 Å². The van der Waals surface area contributed by atoms with Gasteiger partial charge < -0.3 is 15.4 Å². The van der Waals surface area contributed by atoms with Gasteiger partial charge in [0.25, 0.3) is 0 Å². The molecule has 1 aliphatic heterocycles. The summed E-state index contributed by atoms with van der Waals surface area (Å²) in [6.45, 7) is 8.29. The maximum absolute atomic E-state index is 11.9. The lowest BCUT2D eigenvalue weighted by atomic mass is 10.2. The van der Waals surface area contributed by atoms with Crippen molar-refractivity contribution in [3.63, 3.8) is 0 Å². The summed E-state index contributed by atoms with van der Waals surface area (Å²) in [7, 11) is 0.910. The summed E-state index contributed by atoms with van der Waals surface area (Å²) in [5.74, 6) is 1.38. The van der Waals surface area contributed by atoms with E-state index in [4.69, 9.17) is 4.74 Å². The standard InChI is InChI=1S/C13H27N3O2S.HI/c1-13(2,3)19(17)9-7-15-12(14-4)16-10-11-6-5-8-18-11;/h11H,5-10H2,1-4H3,(H2,14,15,16);1H. The molecule has 120 valence electrons. The van der Waals surface area contributed by atoms with Crippen molar-refractivity contribution in [1.82, 2.24) is 10.6 Å². The van der Waals surface area contributed by atoms with Gasteiger partial charge in [0.2, 0.25) is 0 Å². The fourth-order valence-corrected chi connectivity index (χ4v) is 2.70. The van der Waals surface area contributed by atoms with Crippen molar-refractivity contribution in [2.24, 2.45) is 4.99 Å². The zero-order chi connectivity index (χ0) is 14.3. The first-order chi connectivity index (χ1) is 8.93. The molecule has 0 aromatic rings. The zero-order valence-corrected chi connectivity index (χ0v) is 16.0. The Labute approximate surface area is 142 Å². The van der Waals surface area contributed by atoms with Crippen LogP contribution in [0, 0.1) is 0 Å². The maximum atomic E-state index is 11.9. The van der Waals surface area contributed by atoms with E-state index in [1.165, 1.54) is 0 Å². The smallest absolute Gasteiger partial charge is 0.191 e. The lowest BCUT2D eigenvalue weighted by Gasteiger charge is -2.19. The molecule has 0 aliphatic carbocycles. The molecule has 2 atom stereocenters. The highest BCUT2D eigenvalue weighted by molar-refractivity contribution is 14.0. The summed E-state index contributed by atoms with van der Waals surface area (Å²) in [4.78, 5) is 4.15. The van der Waals surface area contributed by atoms with E-state index in [0.717, 1.165) is 32.0 Å². The van der Waals surface area contributed by atoms with Gasteiger partial charge in [0, 0.05) is 48.0 Å². The van der Waals surface area contributed by atoms with Gasteiger partial charge in [0.1, 0.15) is 0 Å². The van der Waals surface area contributed by atoms with E-state index in [1.807, 2.05) is 20.8 Å². The predicted octanol–water partition coefficient (Wildman–Crippen LogP) is 1.50. The van der Waals surface area contributed by atoms with Gasteiger partial charge >= 0.3 is 0 Å². The van der Waals surface area contributed by atoms with Crippen molar-refractivity contribution in [2.45, 2.75) is 44.5 Å². The van der Waals surface area contributed by atoms with Crippen LogP contribution in [0.1, 0.15) is 33.6 Å². The van der Waals surface area contributed by atoms with Crippen LogP contribution in [0.3, 0.4) is 0 Å². The number of halogens is 1. The van der Waals surface area contributed by atoms with Gasteiger partial charge in [-0.05, 0) is 33.6 Å². The van der Waals surface area contributed by atoms with Crippen LogP contribution in [0.5, 0.6) is 0 Å². The van der Waals surface area contributed by atoms with Gasteiger partial charge in [-0.25, -0.2) is 0 Å². The molecule has 2 N–H and O–H groups in total. The van der Waals surface area contributed by atoms with Gasteiger partial charge in [-0.1, -0.05) is 0 Å². The van der Waals surface area contributed by atoms with Crippen LogP contribution >= 0.6 is 24.0 Å². The molecule has 0 aromatic carbocycles. The zero-order valence-electron chi connectivity index (χ0n) is 12.9. The number of hydrogen-bond donors (Lipinski definition) is 2. The van der Waals surface area contributed by atoms with Crippen LogP contribution < -0.4 is 10.6 Å². The maximum Gasteiger partial charge on any atom is 0.191 e. The molecular weight excluding hydrogens is 389 g/mol. The summed E-state index contributed by atoms with van der Waals surface area (Å²) in [5, 5.41) is 6.43. The highest BCUT2D eigenvalue weighted by Crippen LogP contribution is 2.11. The average molecular weight is 417 g/mol. The third-order valence-electron chi connectivity index (χ3n) is 3.01. The summed E-state index contributed by atoms with van der Waals surface area (Å²) in [5.41, 5.74) is 0. The minimum atomic E-state index is -0.832. The van der Waals surface area contributed by atoms with Crippen LogP contribution in [-0.4, -0.2) is 53.5 Å². The topological polar surface area (TPSA) is 62.7 Å². The summed E-state index contributed by atoms with van der Waals surface area (Å²) in [6.07, 6.45) is 2.54.